The van der Waals surface area contributed by atoms with E-state index in [9.17, 15) is 4.79 Å². The van der Waals surface area contributed by atoms with Crippen molar-refractivity contribution in [2.75, 3.05) is 18.4 Å². The second-order valence-electron chi connectivity index (χ2n) is 4.79. The van der Waals surface area contributed by atoms with Gasteiger partial charge in [-0.15, -0.1) is 0 Å². The molecule has 0 saturated carbocycles. The van der Waals surface area contributed by atoms with Crippen LogP contribution in [0.2, 0.25) is 0 Å². The number of nitrogens with one attached hydrogen (secondary N) is 2. The molecule has 1 aromatic rings. The quantitative estimate of drug-likeness (QED) is 0.692. The van der Waals surface area contributed by atoms with Gasteiger partial charge in [0.05, 0.1) is 0 Å². The second-order valence-corrected chi connectivity index (χ2v) is 4.79. The minimum Gasteiger partial charge on any atom is -0.326 e. The zero-order chi connectivity index (χ0) is 11.1. The maximum absolute atomic E-state index is 11.9. The molecule has 3 rings (SSSR count). The number of hydrogen-bond donors (Lipinski definition) is 2. The maximum atomic E-state index is 11.9. The molecule has 2 heterocycles. The number of piperidine rings is 1. The molecule has 0 bridgehead atoms. The summed E-state index contributed by atoms with van der Waals surface area (Å²) in [4.78, 5) is 11.9. The van der Waals surface area contributed by atoms with Gasteiger partial charge in [-0.3, -0.25) is 4.79 Å². The van der Waals surface area contributed by atoms with Crippen molar-refractivity contribution in [1.82, 2.24) is 5.32 Å². The van der Waals surface area contributed by atoms with Crippen molar-refractivity contribution in [2.24, 2.45) is 5.92 Å². The van der Waals surface area contributed by atoms with Gasteiger partial charge < -0.3 is 10.6 Å². The molecule has 2 aliphatic rings. The molecule has 2 aliphatic heterocycles. The van der Waals surface area contributed by atoms with Gasteiger partial charge in [-0.2, -0.15) is 0 Å². The van der Waals surface area contributed by atoms with E-state index in [0.29, 0.717) is 5.92 Å². The molecule has 2 atom stereocenters. The number of amides is 1. The molecule has 3 heteroatoms. The molecule has 0 radical (unpaired) electrons. The molecular formula is C13H16N2O. The summed E-state index contributed by atoms with van der Waals surface area (Å²) in [7, 11) is 0. The standard InChI is InChI=1S/C13H16N2O/c1-8-2-3-12-10(6-8)11-7-14-5-4-9(11)13(16)15-12/h2-3,6,9,11,14H,4-5,7H2,1H3,(H,15,16). The summed E-state index contributed by atoms with van der Waals surface area (Å²) in [6.07, 6.45) is 0.948. The Morgan fingerprint density at radius 1 is 1.31 bits per heavy atom. The Hall–Kier alpha value is -1.35. The van der Waals surface area contributed by atoms with E-state index >= 15 is 0 Å². The third kappa shape index (κ3) is 1.43. The third-order valence-corrected chi connectivity index (χ3v) is 3.68. The van der Waals surface area contributed by atoms with Gasteiger partial charge in [0.2, 0.25) is 5.91 Å². The summed E-state index contributed by atoms with van der Waals surface area (Å²) < 4.78 is 0. The van der Waals surface area contributed by atoms with Gasteiger partial charge in [0, 0.05) is 24.1 Å². The first-order chi connectivity index (χ1) is 7.75. The molecule has 1 aromatic carbocycles. The fourth-order valence-electron chi connectivity index (χ4n) is 2.83. The predicted molar refractivity (Wildman–Crippen MR) is 63.5 cm³/mol. The van der Waals surface area contributed by atoms with Crippen molar-refractivity contribution in [3.63, 3.8) is 0 Å². The van der Waals surface area contributed by atoms with E-state index < -0.39 is 0 Å². The van der Waals surface area contributed by atoms with Crippen molar-refractivity contribution >= 4 is 11.6 Å². The van der Waals surface area contributed by atoms with E-state index in [2.05, 4.69) is 29.7 Å². The van der Waals surface area contributed by atoms with Gasteiger partial charge in [-0.25, -0.2) is 0 Å². The summed E-state index contributed by atoms with van der Waals surface area (Å²) in [6, 6.07) is 6.28. The number of carbonyl (C=O) groups is 1. The molecule has 0 aliphatic carbocycles. The van der Waals surface area contributed by atoms with Crippen LogP contribution < -0.4 is 10.6 Å². The van der Waals surface area contributed by atoms with Gasteiger partial charge in [0.1, 0.15) is 0 Å². The fraction of sp³-hybridized carbons (Fsp3) is 0.462. The number of rotatable bonds is 0. The van der Waals surface area contributed by atoms with Gasteiger partial charge in [-0.05, 0) is 31.5 Å². The number of aryl methyl sites for hydroxylation is 1. The minimum atomic E-state index is 0.163. The van der Waals surface area contributed by atoms with Crippen molar-refractivity contribution in [1.29, 1.82) is 0 Å². The van der Waals surface area contributed by atoms with Crippen LogP contribution in [0, 0.1) is 12.8 Å². The molecular weight excluding hydrogens is 200 g/mol. The predicted octanol–water partition coefficient (Wildman–Crippen LogP) is 1.64. The number of fused-ring (bicyclic) bond motifs is 3. The number of carbonyl (C=O) groups excluding carboxylic acids is 1. The average Bonchev–Trinajstić information content (AvgIpc) is 2.31. The first-order valence-electron chi connectivity index (χ1n) is 5.88. The van der Waals surface area contributed by atoms with Gasteiger partial charge in [0.25, 0.3) is 0 Å². The topological polar surface area (TPSA) is 41.1 Å². The Morgan fingerprint density at radius 3 is 3.06 bits per heavy atom. The van der Waals surface area contributed by atoms with E-state index in [0.717, 1.165) is 25.2 Å². The first kappa shape index (κ1) is 9.85. The summed E-state index contributed by atoms with van der Waals surface area (Å²) in [5, 5.41) is 6.40. The van der Waals surface area contributed by atoms with E-state index in [-0.39, 0.29) is 11.8 Å². The van der Waals surface area contributed by atoms with Gasteiger partial charge in [0.15, 0.2) is 0 Å². The molecule has 0 spiro atoms. The highest BCUT2D eigenvalue weighted by atomic mass is 16.2. The largest absolute Gasteiger partial charge is 0.326 e. The molecule has 1 saturated heterocycles. The molecule has 2 N–H and O–H groups in total. The first-order valence-corrected chi connectivity index (χ1v) is 5.88. The highest BCUT2D eigenvalue weighted by molar-refractivity contribution is 5.96. The highest BCUT2D eigenvalue weighted by Crippen LogP contribution is 2.38. The number of anilines is 1. The van der Waals surface area contributed by atoms with Crippen LogP contribution in [0.15, 0.2) is 18.2 Å². The third-order valence-electron chi connectivity index (χ3n) is 3.68. The Morgan fingerprint density at radius 2 is 2.19 bits per heavy atom. The lowest BCUT2D eigenvalue weighted by molar-refractivity contribution is -0.121. The summed E-state index contributed by atoms with van der Waals surface area (Å²) >= 11 is 0. The zero-order valence-corrected chi connectivity index (χ0v) is 9.42. The second kappa shape index (κ2) is 3.59. The van der Waals surface area contributed by atoms with Crippen molar-refractivity contribution in [3.8, 4) is 0 Å². The fourth-order valence-corrected chi connectivity index (χ4v) is 2.83. The molecule has 16 heavy (non-hydrogen) atoms. The molecule has 0 aromatic heterocycles. The highest BCUT2D eigenvalue weighted by Gasteiger charge is 2.37. The Labute approximate surface area is 95.2 Å². The SMILES string of the molecule is Cc1ccc2c(c1)C1CNCCC1C(=O)N2. The van der Waals surface area contributed by atoms with Crippen LogP contribution >= 0.6 is 0 Å². The molecule has 1 fully saturated rings. The van der Waals surface area contributed by atoms with E-state index in [4.69, 9.17) is 0 Å². The molecule has 1 amide bonds. The van der Waals surface area contributed by atoms with Crippen molar-refractivity contribution < 1.29 is 4.79 Å². The van der Waals surface area contributed by atoms with Gasteiger partial charge in [-0.1, -0.05) is 17.7 Å². The Balaban J connectivity index is 2.07. The smallest absolute Gasteiger partial charge is 0.228 e. The number of hydrogen-bond acceptors (Lipinski definition) is 2. The molecule has 84 valence electrons. The lowest BCUT2D eigenvalue weighted by Gasteiger charge is -2.36. The van der Waals surface area contributed by atoms with Crippen LogP contribution in [-0.4, -0.2) is 19.0 Å². The monoisotopic (exact) mass is 216 g/mol. The van der Waals surface area contributed by atoms with Crippen LogP contribution in [-0.2, 0) is 4.79 Å². The van der Waals surface area contributed by atoms with Gasteiger partial charge >= 0.3 is 0 Å². The van der Waals surface area contributed by atoms with Crippen LogP contribution in [0.1, 0.15) is 23.5 Å². The number of benzene rings is 1. The summed E-state index contributed by atoms with van der Waals surface area (Å²) in [5.41, 5.74) is 3.57. The van der Waals surface area contributed by atoms with E-state index in [1.54, 1.807) is 0 Å². The van der Waals surface area contributed by atoms with E-state index in [1.165, 1.54) is 11.1 Å². The molecule has 3 nitrogen and oxygen atoms in total. The van der Waals surface area contributed by atoms with Crippen LogP contribution in [0.5, 0.6) is 0 Å². The van der Waals surface area contributed by atoms with Crippen molar-refractivity contribution in [2.45, 2.75) is 19.3 Å². The lowest BCUT2D eigenvalue weighted by Crippen LogP contribution is -2.44. The lowest BCUT2D eigenvalue weighted by atomic mass is 9.77. The summed E-state index contributed by atoms with van der Waals surface area (Å²) in [5.74, 6) is 0.718. The zero-order valence-electron chi connectivity index (χ0n) is 9.42. The minimum absolute atomic E-state index is 0.163. The van der Waals surface area contributed by atoms with Crippen LogP contribution in [0.3, 0.4) is 0 Å². The van der Waals surface area contributed by atoms with Crippen LogP contribution in [0.4, 0.5) is 5.69 Å². The van der Waals surface area contributed by atoms with Crippen molar-refractivity contribution in [3.05, 3.63) is 29.3 Å². The Bertz CT molecular complexity index is 442. The summed E-state index contributed by atoms with van der Waals surface area (Å²) in [6.45, 7) is 3.98. The average molecular weight is 216 g/mol. The normalized spacial score (nSPS) is 27.9. The Kier molecular flexibility index (Phi) is 2.21. The molecule has 2 unspecified atom stereocenters. The van der Waals surface area contributed by atoms with Crippen LogP contribution in [0.25, 0.3) is 0 Å². The maximum Gasteiger partial charge on any atom is 0.228 e. The van der Waals surface area contributed by atoms with E-state index in [1.807, 2.05) is 6.07 Å².